The average molecular weight is 384 g/mol. The van der Waals surface area contributed by atoms with Gasteiger partial charge in [-0.05, 0) is 42.9 Å². The van der Waals surface area contributed by atoms with E-state index in [1.165, 1.54) is 11.8 Å². The molecule has 0 saturated carbocycles. The number of hydrazine groups is 1. The molecule has 0 aliphatic carbocycles. The molecule has 3 heterocycles. The lowest BCUT2D eigenvalue weighted by molar-refractivity contribution is 0.0658. The number of carboxylic acid groups (broad SMARTS) is 1. The quantitative estimate of drug-likeness (QED) is 0.707. The molecule has 1 aromatic heterocycles. The second-order valence-electron chi connectivity index (χ2n) is 7.42. The monoisotopic (exact) mass is 384 g/mol. The Morgan fingerprint density at radius 2 is 2.04 bits per heavy atom. The molecule has 0 bridgehead atoms. The zero-order valence-electron chi connectivity index (χ0n) is 15.5. The van der Waals surface area contributed by atoms with Crippen LogP contribution in [0.2, 0.25) is 0 Å². The van der Waals surface area contributed by atoms with Crippen LogP contribution in [0.1, 0.15) is 51.7 Å². The number of carbonyl (C=O) groups excluding carboxylic acids is 1. The largest absolute Gasteiger partial charge is 0.476 e. The van der Waals surface area contributed by atoms with Gasteiger partial charge in [0.1, 0.15) is 0 Å². The Morgan fingerprint density at radius 1 is 1.21 bits per heavy atom. The second-order valence-corrected chi connectivity index (χ2v) is 7.42. The van der Waals surface area contributed by atoms with E-state index in [9.17, 15) is 9.59 Å². The van der Waals surface area contributed by atoms with Crippen molar-refractivity contribution in [2.24, 2.45) is 5.92 Å². The molecule has 2 aliphatic heterocycles. The number of likely N-dealkylation sites (tertiary alicyclic amines) is 1. The highest BCUT2D eigenvalue weighted by Crippen LogP contribution is 2.22. The smallest absolute Gasteiger partial charge is 0.358 e. The average Bonchev–Trinajstić information content (AvgIpc) is 3.40. The number of aromatic nitrogens is 3. The van der Waals surface area contributed by atoms with Gasteiger partial charge < -0.3 is 10.0 Å². The maximum Gasteiger partial charge on any atom is 0.358 e. The highest BCUT2D eigenvalue weighted by molar-refractivity contribution is 5.94. The van der Waals surface area contributed by atoms with Crippen LogP contribution in [-0.4, -0.2) is 56.5 Å². The first-order valence-electron chi connectivity index (χ1n) is 9.61. The first-order valence-corrected chi connectivity index (χ1v) is 9.61. The van der Waals surface area contributed by atoms with Gasteiger partial charge in [0, 0.05) is 37.8 Å². The van der Waals surface area contributed by atoms with E-state index >= 15 is 0 Å². The third-order valence-corrected chi connectivity index (χ3v) is 5.40. The van der Waals surface area contributed by atoms with E-state index in [0.717, 1.165) is 32.4 Å². The summed E-state index contributed by atoms with van der Waals surface area (Å²) < 4.78 is 1.56. The van der Waals surface area contributed by atoms with Gasteiger partial charge in [0.25, 0.3) is 5.91 Å². The Bertz CT molecular complexity index is 844. The summed E-state index contributed by atoms with van der Waals surface area (Å²) in [6, 6.07) is 8.13. The van der Waals surface area contributed by atoms with Gasteiger partial charge in [-0.25, -0.2) is 4.79 Å². The maximum absolute atomic E-state index is 12.9. The van der Waals surface area contributed by atoms with Crippen molar-refractivity contribution in [2.45, 2.75) is 31.8 Å². The number of hydrogen-bond acceptors (Lipinski definition) is 6. The molecule has 0 radical (unpaired) electrons. The Balaban J connectivity index is 1.37. The van der Waals surface area contributed by atoms with Crippen LogP contribution in [-0.2, 0) is 6.54 Å². The SMILES string of the molecule is O=C(O)c1cn(CC2CCCN(C(=O)c3ccc(C4CCNN4)cc3)C2)nn1. The van der Waals surface area contributed by atoms with Crippen molar-refractivity contribution in [3.05, 3.63) is 47.3 Å². The molecular weight excluding hydrogens is 360 g/mol. The lowest BCUT2D eigenvalue weighted by atomic mass is 9.97. The fourth-order valence-corrected chi connectivity index (χ4v) is 3.92. The van der Waals surface area contributed by atoms with Gasteiger partial charge in [-0.3, -0.25) is 20.3 Å². The Morgan fingerprint density at radius 3 is 2.71 bits per heavy atom. The van der Waals surface area contributed by atoms with E-state index in [2.05, 4.69) is 21.2 Å². The first-order chi connectivity index (χ1) is 13.6. The van der Waals surface area contributed by atoms with Crippen LogP contribution < -0.4 is 10.9 Å². The number of aromatic carboxylic acids is 1. The van der Waals surface area contributed by atoms with Crippen molar-refractivity contribution in [3.8, 4) is 0 Å². The van der Waals surface area contributed by atoms with Gasteiger partial charge in [0.05, 0.1) is 6.20 Å². The minimum atomic E-state index is -1.08. The first kappa shape index (κ1) is 18.6. The van der Waals surface area contributed by atoms with Gasteiger partial charge in [0.2, 0.25) is 0 Å². The normalized spacial score (nSPS) is 22.4. The molecule has 2 fully saturated rings. The van der Waals surface area contributed by atoms with Crippen LogP contribution >= 0.6 is 0 Å². The van der Waals surface area contributed by atoms with Crippen molar-refractivity contribution in [1.29, 1.82) is 0 Å². The zero-order valence-corrected chi connectivity index (χ0v) is 15.5. The van der Waals surface area contributed by atoms with E-state index in [-0.39, 0.29) is 17.5 Å². The van der Waals surface area contributed by atoms with Gasteiger partial charge in [-0.15, -0.1) is 5.10 Å². The van der Waals surface area contributed by atoms with E-state index in [0.29, 0.717) is 24.7 Å². The predicted octanol–water partition coefficient (Wildman–Crippen LogP) is 1.07. The van der Waals surface area contributed by atoms with Crippen molar-refractivity contribution < 1.29 is 14.7 Å². The highest BCUT2D eigenvalue weighted by atomic mass is 16.4. The fraction of sp³-hybridized carbons (Fsp3) is 0.474. The third-order valence-electron chi connectivity index (χ3n) is 5.40. The van der Waals surface area contributed by atoms with Crippen LogP contribution in [0.3, 0.4) is 0 Å². The fourth-order valence-electron chi connectivity index (χ4n) is 3.92. The van der Waals surface area contributed by atoms with E-state index in [1.54, 1.807) is 4.68 Å². The molecule has 2 atom stereocenters. The summed E-state index contributed by atoms with van der Waals surface area (Å²) in [4.78, 5) is 25.7. The number of piperidine rings is 1. The minimum absolute atomic E-state index is 0.0403. The van der Waals surface area contributed by atoms with Crippen molar-refractivity contribution >= 4 is 11.9 Å². The highest BCUT2D eigenvalue weighted by Gasteiger charge is 2.26. The lowest BCUT2D eigenvalue weighted by Crippen LogP contribution is -2.41. The molecule has 148 valence electrons. The summed E-state index contributed by atoms with van der Waals surface area (Å²) in [5.41, 5.74) is 8.17. The minimum Gasteiger partial charge on any atom is -0.476 e. The molecule has 2 saturated heterocycles. The molecule has 3 N–H and O–H groups in total. The lowest BCUT2D eigenvalue weighted by Gasteiger charge is -2.32. The van der Waals surface area contributed by atoms with E-state index in [4.69, 9.17) is 5.11 Å². The number of hydrogen-bond donors (Lipinski definition) is 3. The molecule has 2 aliphatic rings. The number of benzene rings is 1. The number of rotatable bonds is 5. The van der Waals surface area contributed by atoms with Crippen molar-refractivity contribution in [3.63, 3.8) is 0 Å². The molecular formula is C19H24N6O3. The van der Waals surface area contributed by atoms with Gasteiger partial charge in [-0.1, -0.05) is 17.3 Å². The van der Waals surface area contributed by atoms with E-state index in [1.807, 2.05) is 29.2 Å². The molecule has 1 aromatic carbocycles. The molecule has 0 spiro atoms. The van der Waals surface area contributed by atoms with Crippen molar-refractivity contribution in [2.75, 3.05) is 19.6 Å². The number of carbonyl (C=O) groups is 2. The van der Waals surface area contributed by atoms with Gasteiger partial charge >= 0.3 is 5.97 Å². The van der Waals surface area contributed by atoms with Crippen molar-refractivity contribution in [1.82, 2.24) is 30.7 Å². The van der Waals surface area contributed by atoms with Crippen LogP contribution in [0.4, 0.5) is 0 Å². The third kappa shape index (κ3) is 4.05. The van der Waals surface area contributed by atoms with Crippen LogP contribution in [0.5, 0.6) is 0 Å². The van der Waals surface area contributed by atoms with Gasteiger partial charge in [0.15, 0.2) is 5.69 Å². The summed E-state index contributed by atoms with van der Waals surface area (Å²) in [5, 5.41) is 16.5. The molecule has 2 aromatic rings. The molecule has 9 nitrogen and oxygen atoms in total. The van der Waals surface area contributed by atoms with Gasteiger partial charge in [-0.2, -0.15) is 0 Å². The van der Waals surface area contributed by atoms with Crippen LogP contribution in [0.15, 0.2) is 30.5 Å². The molecule has 4 rings (SSSR count). The predicted molar refractivity (Wildman–Crippen MR) is 101 cm³/mol. The number of nitrogens with zero attached hydrogens (tertiary/aromatic N) is 4. The number of nitrogens with one attached hydrogen (secondary N) is 2. The Labute approximate surface area is 162 Å². The molecule has 9 heteroatoms. The topological polar surface area (TPSA) is 112 Å². The summed E-state index contributed by atoms with van der Waals surface area (Å²) >= 11 is 0. The zero-order chi connectivity index (χ0) is 19.5. The molecule has 28 heavy (non-hydrogen) atoms. The summed E-state index contributed by atoms with van der Waals surface area (Å²) in [5.74, 6) is -0.814. The number of amides is 1. The summed E-state index contributed by atoms with van der Waals surface area (Å²) in [6.07, 6.45) is 4.37. The standard InChI is InChI=1S/C19H24N6O3/c26-18(15-5-3-14(4-6-15)16-7-8-20-21-16)24-9-1-2-13(10-24)11-25-12-17(19(27)28)22-23-25/h3-6,12-13,16,20-21H,1-2,7-11H2,(H,27,28). The number of carboxylic acids is 1. The molecule has 2 unspecified atom stereocenters. The summed E-state index contributed by atoms with van der Waals surface area (Å²) in [6.45, 7) is 2.88. The van der Waals surface area contributed by atoms with Crippen LogP contribution in [0.25, 0.3) is 0 Å². The Kier molecular flexibility index (Phi) is 5.36. The van der Waals surface area contributed by atoms with Crippen LogP contribution in [0, 0.1) is 5.92 Å². The molecule has 1 amide bonds. The van der Waals surface area contributed by atoms with E-state index < -0.39 is 5.97 Å². The maximum atomic E-state index is 12.9. The Hall–Kier alpha value is -2.78. The second kappa shape index (κ2) is 8.07. The summed E-state index contributed by atoms with van der Waals surface area (Å²) in [7, 11) is 0.